The van der Waals surface area contributed by atoms with Gasteiger partial charge in [0.05, 0.1) is 18.2 Å². The fourth-order valence-corrected chi connectivity index (χ4v) is 3.41. The quantitative estimate of drug-likeness (QED) is 0.735. The molecule has 1 heterocycles. The Labute approximate surface area is 165 Å². The molecule has 6 nitrogen and oxygen atoms in total. The number of rotatable bonds is 5. The Morgan fingerprint density at radius 2 is 1.71 bits per heavy atom. The first-order chi connectivity index (χ1) is 13.4. The molecule has 0 unspecified atom stereocenters. The highest BCUT2D eigenvalue weighted by molar-refractivity contribution is 6.06. The molecule has 146 valence electrons. The number of hydrogen-bond acceptors (Lipinski definition) is 3. The van der Waals surface area contributed by atoms with E-state index in [4.69, 9.17) is 4.74 Å². The van der Waals surface area contributed by atoms with Crippen molar-refractivity contribution in [2.45, 2.75) is 33.7 Å². The molecule has 0 fully saturated rings. The minimum absolute atomic E-state index is 0.256. The van der Waals surface area contributed by atoms with Gasteiger partial charge < -0.3 is 20.7 Å². The average molecular weight is 379 g/mol. The number of allylic oxidation sites excluding steroid dienone is 1. The van der Waals surface area contributed by atoms with Gasteiger partial charge >= 0.3 is 6.03 Å². The lowest BCUT2D eigenvalue weighted by atomic mass is 9.94. The van der Waals surface area contributed by atoms with Crippen LogP contribution in [0.5, 0.6) is 5.75 Å². The monoisotopic (exact) mass is 379 g/mol. The van der Waals surface area contributed by atoms with E-state index in [2.05, 4.69) is 16.0 Å². The SMILES string of the molecule is CCOc1ccc([C@@H]2NC(=O)NC(C)=C2C(=O)Nc2cc(C)cc(C)c2)cc1. The minimum atomic E-state index is -0.546. The van der Waals surface area contributed by atoms with Crippen LogP contribution < -0.4 is 20.7 Å². The summed E-state index contributed by atoms with van der Waals surface area (Å²) in [6.07, 6.45) is 0. The maximum atomic E-state index is 13.1. The van der Waals surface area contributed by atoms with Gasteiger partial charge in [-0.3, -0.25) is 4.79 Å². The van der Waals surface area contributed by atoms with Crippen molar-refractivity contribution in [1.29, 1.82) is 0 Å². The molecule has 0 spiro atoms. The number of carbonyl (C=O) groups excluding carboxylic acids is 2. The van der Waals surface area contributed by atoms with Gasteiger partial charge in [-0.1, -0.05) is 18.2 Å². The number of ether oxygens (including phenoxy) is 1. The molecule has 6 heteroatoms. The van der Waals surface area contributed by atoms with Crippen LogP contribution in [0.3, 0.4) is 0 Å². The van der Waals surface area contributed by atoms with Gasteiger partial charge in [-0.05, 0) is 68.7 Å². The molecule has 0 radical (unpaired) electrons. The van der Waals surface area contributed by atoms with Gasteiger partial charge in [-0.15, -0.1) is 0 Å². The predicted octanol–water partition coefficient (Wildman–Crippen LogP) is 3.97. The van der Waals surface area contributed by atoms with Crippen LogP contribution in [0.1, 0.15) is 36.6 Å². The largest absolute Gasteiger partial charge is 0.494 e. The fraction of sp³-hybridized carbons (Fsp3) is 0.273. The first-order valence-electron chi connectivity index (χ1n) is 9.28. The Hall–Kier alpha value is -3.28. The van der Waals surface area contributed by atoms with Crippen molar-refractivity contribution in [3.8, 4) is 5.75 Å². The Kier molecular flexibility index (Phi) is 5.68. The summed E-state index contributed by atoms with van der Waals surface area (Å²) in [6.45, 7) is 8.20. The van der Waals surface area contributed by atoms with Crippen molar-refractivity contribution in [3.05, 3.63) is 70.4 Å². The molecule has 0 aromatic heterocycles. The Morgan fingerprint density at radius 3 is 2.32 bits per heavy atom. The van der Waals surface area contributed by atoms with E-state index in [-0.39, 0.29) is 11.9 Å². The molecule has 3 N–H and O–H groups in total. The summed E-state index contributed by atoms with van der Waals surface area (Å²) < 4.78 is 5.48. The van der Waals surface area contributed by atoms with E-state index in [1.165, 1.54) is 0 Å². The molecule has 0 saturated heterocycles. The molecule has 28 heavy (non-hydrogen) atoms. The molecule has 0 saturated carbocycles. The molecule has 1 aliphatic rings. The third-order valence-electron chi connectivity index (χ3n) is 4.52. The molecule has 3 rings (SSSR count). The standard InChI is InChI=1S/C22H25N3O3/c1-5-28-18-8-6-16(7-9-18)20-19(15(4)23-22(27)25-20)21(26)24-17-11-13(2)10-14(3)12-17/h6-12,20H,5H2,1-4H3,(H,24,26)(H2,23,25,27)/t20-/m0/s1. The second-order valence-electron chi connectivity index (χ2n) is 6.90. The Morgan fingerprint density at radius 1 is 1.07 bits per heavy atom. The van der Waals surface area contributed by atoms with E-state index in [1.807, 2.05) is 63.2 Å². The third-order valence-corrected chi connectivity index (χ3v) is 4.52. The Balaban J connectivity index is 1.91. The molecular formula is C22H25N3O3. The van der Waals surface area contributed by atoms with Gasteiger partial charge in [0.15, 0.2) is 0 Å². The number of hydrogen-bond donors (Lipinski definition) is 3. The second-order valence-corrected chi connectivity index (χ2v) is 6.90. The molecule has 1 atom stereocenters. The highest BCUT2D eigenvalue weighted by Gasteiger charge is 2.31. The lowest BCUT2D eigenvalue weighted by Crippen LogP contribution is -2.45. The van der Waals surface area contributed by atoms with E-state index in [0.29, 0.717) is 17.9 Å². The first-order valence-corrected chi connectivity index (χ1v) is 9.28. The molecule has 3 amide bonds. The van der Waals surface area contributed by atoms with Gasteiger partial charge in [0.25, 0.3) is 5.91 Å². The van der Waals surface area contributed by atoms with E-state index < -0.39 is 6.04 Å². The average Bonchev–Trinajstić information content (AvgIpc) is 2.61. The number of amides is 3. The lowest BCUT2D eigenvalue weighted by Gasteiger charge is -2.28. The molecule has 1 aliphatic heterocycles. The highest BCUT2D eigenvalue weighted by Crippen LogP contribution is 2.29. The van der Waals surface area contributed by atoms with Crippen molar-refractivity contribution in [1.82, 2.24) is 10.6 Å². The summed E-state index contributed by atoms with van der Waals surface area (Å²) in [7, 11) is 0. The van der Waals surface area contributed by atoms with Crippen LogP contribution in [0.4, 0.5) is 10.5 Å². The van der Waals surface area contributed by atoms with E-state index in [0.717, 1.165) is 28.1 Å². The molecule has 0 aliphatic carbocycles. The number of aryl methyl sites for hydroxylation is 2. The topological polar surface area (TPSA) is 79.5 Å². The summed E-state index contributed by atoms with van der Waals surface area (Å²) in [5, 5.41) is 8.50. The van der Waals surface area contributed by atoms with Gasteiger partial charge in [-0.25, -0.2) is 4.79 Å². The van der Waals surface area contributed by atoms with Crippen molar-refractivity contribution >= 4 is 17.6 Å². The third kappa shape index (κ3) is 4.34. The fourth-order valence-electron chi connectivity index (χ4n) is 3.41. The van der Waals surface area contributed by atoms with Crippen LogP contribution in [0, 0.1) is 13.8 Å². The van der Waals surface area contributed by atoms with Gasteiger partial charge in [0.1, 0.15) is 5.75 Å². The van der Waals surface area contributed by atoms with Gasteiger partial charge in [0, 0.05) is 11.4 Å². The molecule has 2 aromatic carbocycles. The summed E-state index contributed by atoms with van der Waals surface area (Å²) in [5.74, 6) is 0.488. The summed E-state index contributed by atoms with van der Waals surface area (Å²) in [6, 6.07) is 12.4. The van der Waals surface area contributed by atoms with Gasteiger partial charge in [-0.2, -0.15) is 0 Å². The second kappa shape index (κ2) is 8.17. The normalized spacial score (nSPS) is 16.3. The maximum Gasteiger partial charge on any atom is 0.319 e. The van der Waals surface area contributed by atoms with Crippen LogP contribution in [-0.4, -0.2) is 18.5 Å². The van der Waals surface area contributed by atoms with Crippen LogP contribution in [0.15, 0.2) is 53.7 Å². The lowest BCUT2D eigenvalue weighted by molar-refractivity contribution is -0.113. The van der Waals surface area contributed by atoms with Crippen LogP contribution >= 0.6 is 0 Å². The minimum Gasteiger partial charge on any atom is -0.494 e. The summed E-state index contributed by atoms with van der Waals surface area (Å²) >= 11 is 0. The zero-order chi connectivity index (χ0) is 20.3. The van der Waals surface area contributed by atoms with Crippen LogP contribution in [0.2, 0.25) is 0 Å². The van der Waals surface area contributed by atoms with Crippen molar-refractivity contribution < 1.29 is 14.3 Å². The predicted molar refractivity (Wildman–Crippen MR) is 109 cm³/mol. The van der Waals surface area contributed by atoms with Crippen LogP contribution in [-0.2, 0) is 4.79 Å². The number of nitrogens with one attached hydrogen (secondary N) is 3. The zero-order valence-electron chi connectivity index (χ0n) is 16.6. The molecule has 0 bridgehead atoms. The van der Waals surface area contributed by atoms with Crippen molar-refractivity contribution in [2.75, 3.05) is 11.9 Å². The maximum absolute atomic E-state index is 13.1. The number of urea groups is 1. The van der Waals surface area contributed by atoms with E-state index in [9.17, 15) is 9.59 Å². The zero-order valence-corrected chi connectivity index (χ0v) is 16.6. The van der Waals surface area contributed by atoms with Gasteiger partial charge in [0.2, 0.25) is 0 Å². The van der Waals surface area contributed by atoms with E-state index in [1.54, 1.807) is 6.92 Å². The van der Waals surface area contributed by atoms with Crippen molar-refractivity contribution in [2.24, 2.45) is 0 Å². The summed E-state index contributed by atoms with van der Waals surface area (Å²) in [5.41, 5.74) is 4.68. The van der Waals surface area contributed by atoms with E-state index >= 15 is 0 Å². The first kappa shape index (κ1) is 19.5. The number of carbonyl (C=O) groups is 2. The smallest absolute Gasteiger partial charge is 0.319 e. The van der Waals surface area contributed by atoms with Crippen LogP contribution in [0.25, 0.3) is 0 Å². The Bertz CT molecular complexity index is 912. The number of benzene rings is 2. The molecule has 2 aromatic rings. The molecular weight excluding hydrogens is 354 g/mol. The van der Waals surface area contributed by atoms with Crippen molar-refractivity contribution in [3.63, 3.8) is 0 Å². The number of anilines is 1. The summed E-state index contributed by atoms with van der Waals surface area (Å²) in [4.78, 5) is 25.1. The highest BCUT2D eigenvalue weighted by atomic mass is 16.5.